The maximum atomic E-state index is 2.43. The van der Waals surface area contributed by atoms with Gasteiger partial charge in [-0.1, -0.05) is 54.6 Å². The smallest absolute Gasteiger partial charge is 0.0149 e. The highest BCUT2D eigenvalue weighted by Crippen LogP contribution is 2.25. The Balaban J connectivity index is 2.05. The second-order valence-corrected chi connectivity index (χ2v) is 5.21. The van der Waals surface area contributed by atoms with Gasteiger partial charge in [-0.05, 0) is 30.2 Å². The molecule has 1 unspecified atom stereocenters. The topological polar surface area (TPSA) is 3.24 Å². The van der Waals surface area contributed by atoms with Gasteiger partial charge in [-0.15, -0.1) is 0 Å². The first-order valence-electron chi connectivity index (χ1n) is 6.66. The van der Waals surface area contributed by atoms with Crippen molar-refractivity contribution in [3.8, 4) is 0 Å². The molecule has 1 aromatic carbocycles. The van der Waals surface area contributed by atoms with Crippen molar-refractivity contribution in [3.05, 3.63) is 65.3 Å². The molecule has 1 aliphatic carbocycles. The number of allylic oxidation sites excluding steroid dienone is 3. The minimum Gasteiger partial charge on any atom is -0.305 e. The Hall–Kier alpha value is -1.60. The lowest BCUT2D eigenvalue weighted by molar-refractivity contribution is 0.319. The van der Waals surface area contributed by atoms with Gasteiger partial charge in [-0.2, -0.15) is 0 Å². The Morgan fingerprint density at radius 2 is 2.06 bits per heavy atom. The highest BCUT2D eigenvalue weighted by Gasteiger charge is 2.16. The summed E-state index contributed by atoms with van der Waals surface area (Å²) in [6.07, 6.45) is 12.4. The van der Waals surface area contributed by atoms with Gasteiger partial charge in [0.15, 0.2) is 0 Å². The van der Waals surface area contributed by atoms with Crippen LogP contribution >= 0.6 is 0 Å². The van der Waals surface area contributed by atoms with Crippen LogP contribution in [0.3, 0.4) is 0 Å². The van der Waals surface area contributed by atoms with E-state index in [9.17, 15) is 0 Å². The Labute approximate surface area is 109 Å². The van der Waals surface area contributed by atoms with Crippen molar-refractivity contribution < 1.29 is 0 Å². The van der Waals surface area contributed by atoms with Gasteiger partial charge < -0.3 is 4.90 Å². The molecule has 0 N–H and O–H groups in total. The summed E-state index contributed by atoms with van der Waals surface area (Å²) in [4.78, 5) is 2.43. The van der Waals surface area contributed by atoms with Crippen LogP contribution in [0.25, 0.3) is 6.08 Å². The third-order valence-electron chi connectivity index (χ3n) is 3.82. The van der Waals surface area contributed by atoms with Crippen molar-refractivity contribution in [3.63, 3.8) is 0 Å². The second-order valence-electron chi connectivity index (χ2n) is 5.21. The molecule has 0 radical (unpaired) electrons. The van der Waals surface area contributed by atoms with Crippen molar-refractivity contribution >= 4 is 6.08 Å². The normalized spacial score (nSPS) is 26.3. The van der Waals surface area contributed by atoms with Gasteiger partial charge in [0.1, 0.15) is 0 Å². The summed E-state index contributed by atoms with van der Waals surface area (Å²) < 4.78 is 0. The zero-order valence-electron chi connectivity index (χ0n) is 10.8. The maximum Gasteiger partial charge on any atom is 0.0149 e. The average Bonchev–Trinajstić information content (AvgIpc) is 2.46. The predicted octanol–water partition coefficient (Wildman–Crippen LogP) is 3.30. The van der Waals surface area contributed by atoms with Crippen LogP contribution in [0.15, 0.2) is 54.1 Å². The van der Waals surface area contributed by atoms with Crippen LogP contribution in [-0.4, -0.2) is 25.0 Å². The SMILES string of the molecule is CN1CCc2ccccc2/C=C2\C=CC=CC2C1. The first-order valence-corrected chi connectivity index (χ1v) is 6.66. The molecular weight excluding hydrogens is 218 g/mol. The fraction of sp³-hybridized carbons (Fsp3) is 0.294. The van der Waals surface area contributed by atoms with E-state index in [0.29, 0.717) is 5.92 Å². The van der Waals surface area contributed by atoms with Gasteiger partial charge in [0, 0.05) is 19.0 Å². The van der Waals surface area contributed by atoms with Crippen molar-refractivity contribution in [2.75, 3.05) is 20.1 Å². The molecule has 1 heteroatoms. The van der Waals surface area contributed by atoms with Gasteiger partial charge in [0.2, 0.25) is 0 Å². The van der Waals surface area contributed by atoms with Crippen LogP contribution in [0, 0.1) is 5.92 Å². The molecule has 0 fully saturated rings. The molecule has 2 aliphatic rings. The molecule has 0 aromatic heterocycles. The second kappa shape index (κ2) is 4.95. The first-order chi connectivity index (χ1) is 8.83. The third-order valence-corrected chi connectivity index (χ3v) is 3.82. The maximum absolute atomic E-state index is 2.43. The number of benzene rings is 1. The molecule has 0 amide bonds. The average molecular weight is 237 g/mol. The van der Waals surface area contributed by atoms with E-state index < -0.39 is 0 Å². The van der Waals surface area contributed by atoms with Gasteiger partial charge in [-0.3, -0.25) is 0 Å². The summed E-state index contributed by atoms with van der Waals surface area (Å²) in [5.74, 6) is 0.533. The molecule has 0 spiro atoms. The Kier molecular flexibility index (Phi) is 3.16. The van der Waals surface area contributed by atoms with Crippen molar-refractivity contribution in [1.82, 2.24) is 4.90 Å². The number of fused-ring (bicyclic) bond motifs is 2. The Bertz CT molecular complexity index is 522. The van der Waals surface area contributed by atoms with Crippen LogP contribution in [0.2, 0.25) is 0 Å². The summed E-state index contributed by atoms with van der Waals surface area (Å²) in [6, 6.07) is 8.76. The largest absolute Gasteiger partial charge is 0.305 e. The third kappa shape index (κ3) is 2.32. The summed E-state index contributed by atoms with van der Waals surface area (Å²) in [6.45, 7) is 2.24. The molecular formula is C17H19N. The number of hydrogen-bond donors (Lipinski definition) is 0. The summed E-state index contributed by atoms with van der Waals surface area (Å²) >= 11 is 0. The molecule has 1 nitrogen and oxygen atoms in total. The van der Waals surface area contributed by atoms with E-state index in [1.165, 1.54) is 16.7 Å². The number of likely N-dealkylation sites (N-methyl/N-ethyl adjacent to an activating group) is 1. The monoisotopic (exact) mass is 237 g/mol. The first kappa shape index (κ1) is 11.5. The molecule has 1 heterocycles. The van der Waals surface area contributed by atoms with E-state index in [4.69, 9.17) is 0 Å². The van der Waals surface area contributed by atoms with E-state index in [2.05, 4.69) is 66.6 Å². The van der Waals surface area contributed by atoms with Crippen LogP contribution < -0.4 is 0 Å². The summed E-state index contributed by atoms with van der Waals surface area (Å²) in [5.41, 5.74) is 4.27. The van der Waals surface area contributed by atoms with Gasteiger partial charge in [-0.25, -0.2) is 0 Å². The van der Waals surface area contributed by atoms with Crippen molar-refractivity contribution in [2.24, 2.45) is 5.92 Å². The molecule has 0 saturated heterocycles. The quantitative estimate of drug-likeness (QED) is 0.669. The van der Waals surface area contributed by atoms with Crippen LogP contribution in [0.1, 0.15) is 11.1 Å². The molecule has 0 bridgehead atoms. The van der Waals surface area contributed by atoms with Crippen LogP contribution in [-0.2, 0) is 6.42 Å². The fourth-order valence-electron chi connectivity index (χ4n) is 2.74. The standard InChI is InChI=1S/C17H19N/c1-18-11-10-14-6-2-3-7-15(14)12-16-8-4-5-9-17(16)13-18/h2-9,12,17H,10-11,13H2,1H3/b16-12+. The van der Waals surface area contributed by atoms with E-state index in [-0.39, 0.29) is 0 Å². The highest BCUT2D eigenvalue weighted by atomic mass is 15.1. The fourth-order valence-corrected chi connectivity index (χ4v) is 2.74. The Morgan fingerprint density at radius 3 is 3.00 bits per heavy atom. The number of hydrogen-bond acceptors (Lipinski definition) is 1. The highest BCUT2D eigenvalue weighted by molar-refractivity contribution is 5.61. The van der Waals surface area contributed by atoms with Crippen LogP contribution in [0.4, 0.5) is 0 Å². The lowest BCUT2D eigenvalue weighted by Crippen LogP contribution is -2.27. The molecule has 1 aromatic rings. The molecule has 1 aliphatic heterocycles. The van der Waals surface area contributed by atoms with Crippen molar-refractivity contribution in [1.29, 1.82) is 0 Å². The molecule has 0 saturated carbocycles. The van der Waals surface area contributed by atoms with Gasteiger partial charge >= 0.3 is 0 Å². The molecule has 3 rings (SSSR count). The number of nitrogens with zero attached hydrogens (tertiary/aromatic N) is 1. The zero-order valence-corrected chi connectivity index (χ0v) is 10.8. The van der Waals surface area contributed by atoms with Gasteiger partial charge in [0.05, 0.1) is 0 Å². The van der Waals surface area contributed by atoms with Gasteiger partial charge in [0.25, 0.3) is 0 Å². The van der Waals surface area contributed by atoms with Crippen LogP contribution in [0.5, 0.6) is 0 Å². The minimum absolute atomic E-state index is 0.533. The molecule has 92 valence electrons. The van der Waals surface area contributed by atoms with E-state index in [1.807, 2.05) is 0 Å². The predicted molar refractivity (Wildman–Crippen MR) is 77.4 cm³/mol. The Morgan fingerprint density at radius 1 is 1.17 bits per heavy atom. The lowest BCUT2D eigenvalue weighted by Gasteiger charge is -2.23. The summed E-state index contributed by atoms with van der Waals surface area (Å²) in [5, 5.41) is 0. The van der Waals surface area contributed by atoms with E-state index in [1.54, 1.807) is 0 Å². The minimum atomic E-state index is 0.533. The number of rotatable bonds is 0. The summed E-state index contributed by atoms with van der Waals surface area (Å²) in [7, 11) is 2.22. The lowest BCUT2D eigenvalue weighted by atomic mass is 9.92. The molecule has 1 atom stereocenters. The van der Waals surface area contributed by atoms with E-state index >= 15 is 0 Å². The van der Waals surface area contributed by atoms with E-state index in [0.717, 1.165) is 19.5 Å². The molecule has 18 heavy (non-hydrogen) atoms. The van der Waals surface area contributed by atoms with Crippen molar-refractivity contribution in [2.45, 2.75) is 6.42 Å². The zero-order chi connectivity index (χ0) is 12.4.